The van der Waals surface area contributed by atoms with Gasteiger partial charge in [-0.05, 0) is 36.0 Å². The molecule has 1 aromatic rings. The molecule has 0 heterocycles. The lowest BCUT2D eigenvalue weighted by atomic mass is 9.96. The van der Waals surface area contributed by atoms with E-state index in [-0.39, 0.29) is 5.92 Å². The van der Waals surface area contributed by atoms with Gasteiger partial charge in [-0.2, -0.15) is 0 Å². The number of aryl methyl sites for hydroxylation is 1. The van der Waals surface area contributed by atoms with Gasteiger partial charge in [-0.15, -0.1) is 0 Å². The van der Waals surface area contributed by atoms with Crippen LogP contribution in [0.15, 0.2) is 18.2 Å². The SMILES string of the molecule is COc1ccc(CCCC(=O)C(C)C)cc1C(C)C. The van der Waals surface area contributed by atoms with Gasteiger partial charge in [0.05, 0.1) is 7.11 Å². The van der Waals surface area contributed by atoms with Crippen LogP contribution in [0.1, 0.15) is 57.6 Å². The van der Waals surface area contributed by atoms with Crippen molar-refractivity contribution >= 4 is 5.78 Å². The quantitative estimate of drug-likeness (QED) is 0.729. The van der Waals surface area contributed by atoms with Gasteiger partial charge in [0.15, 0.2) is 0 Å². The van der Waals surface area contributed by atoms with Gasteiger partial charge in [-0.25, -0.2) is 0 Å². The van der Waals surface area contributed by atoms with Crippen molar-refractivity contribution in [2.24, 2.45) is 5.92 Å². The van der Waals surface area contributed by atoms with E-state index in [2.05, 4.69) is 26.0 Å². The molecule has 0 fully saturated rings. The fraction of sp³-hybridized carbons (Fsp3) is 0.588. The summed E-state index contributed by atoms with van der Waals surface area (Å²) in [5.41, 5.74) is 2.54. The number of rotatable bonds is 7. The first kappa shape index (κ1) is 15.7. The van der Waals surface area contributed by atoms with Gasteiger partial charge >= 0.3 is 0 Å². The maximum absolute atomic E-state index is 11.6. The molecule has 0 aliphatic rings. The second-order valence-corrected chi connectivity index (χ2v) is 5.71. The van der Waals surface area contributed by atoms with Crippen LogP contribution in [0, 0.1) is 5.92 Å². The molecular formula is C17H26O2. The van der Waals surface area contributed by atoms with Crippen molar-refractivity contribution in [3.8, 4) is 5.75 Å². The highest BCUT2D eigenvalue weighted by atomic mass is 16.5. The number of methoxy groups -OCH3 is 1. The molecule has 1 rings (SSSR count). The Balaban J connectivity index is 2.65. The van der Waals surface area contributed by atoms with Crippen molar-refractivity contribution in [3.63, 3.8) is 0 Å². The molecule has 19 heavy (non-hydrogen) atoms. The third-order valence-corrected chi connectivity index (χ3v) is 3.45. The predicted octanol–water partition coefficient (Wildman–Crippen LogP) is 4.37. The molecule has 106 valence electrons. The Kier molecular flexibility index (Phi) is 6.07. The van der Waals surface area contributed by atoms with Gasteiger partial charge in [-0.3, -0.25) is 4.79 Å². The van der Waals surface area contributed by atoms with Crippen molar-refractivity contribution < 1.29 is 9.53 Å². The van der Waals surface area contributed by atoms with Crippen molar-refractivity contribution in [1.82, 2.24) is 0 Å². The van der Waals surface area contributed by atoms with Crippen LogP contribution in [-0.4, -0.2) is 12.9 Å². The minimum Gasteiger partial charge on any atom is -0.496 e. The van der Waals surface area contributed by atoms with Gasteiger partial charge in [-0.1, -0.05) is 39.8 Å². The van der Waals surface area contributed by atoms with Crippen LogP contribution in [0.4, 0.5) is 0 Å². The highest BCUT2D eigenvalue weighted by Crippen LogP contribution is 2.27. The largest absolute Gasteiger partial charge is 0.496 e. The highest BCUT2D eigenvalue weighted by Gasteiger charge is 2.10. The second-order valence-electron chi connectivity index (χ2n) is 5.71. The molecule has 0 saturated heterocycles. The number of carbonyl (C=O) groups excluding carboxylic acids is 1. The summed E-state index contributed by atoms with van der Waals surface area (Å²) in [6.07, 6.45) is 2.57. The van der Waals surface area contributed by atoms with E-state index in [1.54, 1.807) is 7.11 Å². The molecule has 0 spiro atoms. The molecule has 0 bridgehead atoms. The maximum atomic E-state index is 11.6. The number of hydrogen-bond donors (Lipinski definition) is 0. The molecule has 0 saturated carbocycles. The Morgan fingerprint density at radius 2 is 1.89 bits per heavy atom. The van der Waals surface area contributed by atoms with Gasteiger partial charge < -0.3 is 4.74 Å². The minimum absolute atomic E-state index is 0.155. The Morgan fingerprint density at radius 1 is 1.21 bits per heavy atom. The number of benzene rings is 1. The number of ketones is 1. The van der Waals surface area contributed by atoms with Crippen LogP contribution in [0.2, 0.25) is 0 Å². The summed E-state index contributed by atoms with van der Waals surface area (Å²) in [6, 6.07) is 6.35. The van der Waals surface area contributed by atoms with E-state index in [0.717, 1.165) is 18.6 Å². The average molecular weight is 262 g/mol. The van der Waals surface area contributed by atoms with E-state index < -0.39 is 0 Å². The second kappa shape index (κ2) is 7.32. The average Bonchev–Trinajstić information content (AvgIpc) is 2.38. The Hall–Kier alpha value is -1.31. The van der Waals surface area contributed by atoms with Crippen LogP contribution in [0.25, 0.3) is 0 Å². The topological polar surface area (TPSA) is 26.3 Å². The number of Topliss-reactive ketones (excluding diaryl/α,β-unsaturated/α-hetero) is 1. The summed E-state index contributed by atoms with van der Waals surface area (Å²) < 4.78 is 5.38. The van der Waals surface area contributed by atoms with Gasteiger partial charge in [0.25, 0.3) is 0 Å². The smallest absolute Gasteiger partial charge is 0.135 e. The minimum atomic E-state index is 0.155. The zero-order chi connectivity index (χ0) is 14.4. The molecule has 0 aliphatic heterocycles. The fourth-order valence-corrected chi connectivity index (χ4v) is 2.15. The zero-order valence-electron chi connectivity index (χ0n) is 12.8. The Bertz CT molecular complexity index is 419. The maximum Gasteiger partial charge on any atom is 0.135 e. The Morgan fingerprint density at radius 3 is 2.42 bits per heavy atom. The standard InChI is InChI=1S/C17H26O2/c1-12(2)15-11-14(9-10-17(15)19-5)7-6-8-16(18)13(3)4/h9-13H,6-8H2,1-5H3. The number of ether oxygens (including phenoxy) is 1. The summed E-state index contributed by atoms with van der Waals surface area (Å²) in [5.74, 6) is 1.92. The molecule has 0 amide bonds. The predicted molar refractivity (Wildman–Crippen MR) is 79.9 cm³/mol. The molecular weight excluding hydrogens is 236 g/mol. The molecule has 0 unspecified atom stereocenters. The summed E-state index contributed by atoms with van der Waals surface area (Å²) >= 11 is 0. The lowest BCUT2D eigenvalue weighted by molar-refractivity contribution is -0.121. The molecule has 0 aliphatic carbocycles. The fourth-order valence-electron chi connectivity index (χ4n) is 2.15. The van der Waals surface area contributed by atoms with Crippen LogP contribution in [0.3, 0.4) is 0 Å². The molecule has 1 aromatic carbocycles. The van der Waals surface area contributed by atoms with Crippen LogP contribution >= 0.6 is 0 Å². The van der Waals surface area contributed by atoms with Crippen LogP contribution in [-0.2, 0) is 11.2 Å². The molecule has 0 aromatic heterocycles. The van der Waals surface area contributed by atoms with E-state index >= 15 is 0 Å². The third kappa shape index (κ3) is 4.70. The summed E-state index contributed by atoms with van der Waals surface area (Å²) in [6.45, 7) is 8.27. The third-order valence-electron chi connectivity index (χ3n) is 3.45. The van der Waals surface area contributed by atoms with Crippen molar-refractivity contribution in [2.75, 3.05) is 7.11 Å². The van der Waals surface area contributed by atoms with E-state index in [1.165, 1.54) is 11.1 Å². The normalized spacial score (nSPS) is 11.1. The van der Waals surface area contributed by atoms with E-state index in [4.69, 9.17) is 4.74 Å². The Labute approximate surface area is 117 Å². The summed E-state index contributed by atoms with van der Waals surface area (Å²) in [7, 11) is 1.71. The molecule has 0 N–H and O–H groups in total. The van der Waals surface area contributed by atoms with E-state index in [1.807, 2.05) is 19.9 Å². The van der Waals surface area contributed by atoms with E-state index in [9.17, 15) is 4.79 Å². The number of hydrogen-bond acceptors (Lipinski definition) is 2. The van der Waals surface area contributed by atoms with Crippen LogP contribution < -0.4 is 4.74 Å². The van der Waals surface area contributed by atoms with Crippen molar-refractivity contribution in [3.05, 3.63) is 29.3 Å². The monoisotopic (exact) mass is 262 g/mol. The van der Waals surface area contributed by atoms with Gasteiger partial charge in [0.1, 0.15) is 11.5 Å². The summed E-state index contributed by atoms with van der Waals surface area (Å²) in [4.78, 5) is 11.6. The van der Waals surface area contributed by atoms with E-state index in [0.29, 0.717) is 18.1 Å². The van der Waals surface area contributed by atoms with Crippen molar-refractivity contribution in [1.29, 1.82) is 0 Å². The highest BCUT2D eigenvalue weighted by molar-refractivity contribution is 5.80. The first-order chi connectivity index (χ1) is 8.95. The summed E-state index contributed by atoms with van der Waals surface area (Å²) in [5, 5.41) is 0. The first-order valence-electron chi connectivity index (χ1n) is 7.15. The lowest BCUT2D eigenvalue weighted by Crippen LogP contribution is -2.06. The number of carbonyl (C=O) groups is 1. The molecule has 0 radical (unpaired) electrons. The first-order valence-corrected chi connectivity index (χ1v) is 7.15. The zero-order valence-corrected chi connectivity index (χ0v) is 12.8. The van der Waals surface area contributed by atoms with Crippen molar-refractivity contribution in [2.45, 2.75) is 52.9 Å². The van der Waals surface area contributed by atoms with Gasteiger partial charge in [0.2, 0.25) is 0 Å². The molecule has 2 nitrogen and oxygen atoms in total. The van der Waals surface area contributed by atoms with Crippen LogP contribution in [0.5, 0.6) is 5.75 Å². The molecule has 0 atom stereocenters. The molecule has 2 heteroatoms. The lowest BCUT2D eigenvalue weighted by Gasteiger charge is -2.13. The van der Waals surface area contributed by atoms with Gasteiger partial charge in [0, 0.05) is 12.3 Å².